The molecule has 0 aliphatic rings. The van der Waals surface area contributed by atoms with Crippen LogP contribution in [0.1, 0.15) is 37.0 Å². The first-order valence-corrected chi connectivity index (χ1v) is 15.5. The predicted octanol–water partition coefficient (Wildman–Crippen LogP) is 6.57. The van der Waals surface area contributed by atoms with Gasteiger partial charge in [-0.2, -0.15) is 13.2 Å². The number of halogens is 5. The fourth-order valence-corrected chi connectivity index (χ4v) is 5.91. The lowest BCUT2D eigenvalue weighted by molar-refractivity contribution is -0.139. The van der Waals surface area contributed by atoms with Gasteiger partial charge in [-0.1, -0.05) is 64.3 Å². The maximum atomic E-state index is 13.9. The monoisotopic (exact) mass is 687 g/mol. The molecular weight excluding hydrogens is 659 g/mol. The summed E-state index contributed by atoms with van der Waals surface area (Å²) in [5.74, 6) is -1.25. The van der Waals surface area contributed by atoms with E-state index in [-0.39, 0.29) is 11.4 Å². The topological polar surface area (TPSA) is 86.8 Å². The Morgan fingerprint density at radius 1 is 1.02 bits per heavy atom. The smallest absolute Gasteiger partial charge is 0.354 e. The van der Waals surface area contributed by atoms with Crippen LogP contribution >= 0.6 is 27.5 Å². The molecule has 0 aromatic heterocycles. The van der Waals surface area contributed by atoms with E-state index in [1.54, 1.807) is 31.2 Å². The summed E-state index contributed by atoms with van der Waals surface area (Å²) in [5.41, 5.74) is -0.250. The van der Waals surface area contributed by atoms with Crippen LogP contribution in [0.25, 0.3) is 0 Å². The molecule has 7 nitrogen and oxygen atoms in total. The molecule has 0 saturated heterocycles. The molecule has 0 radical (unpaired) electrons. The van der Waals surface area contributed by atoms with Gasteiger partial charge < -0.3 is 10.2 Å². The maximum absolute atomic E-state index is 13.9. The summed E-state index contributed by atoms with van der Waals surface area (Å²) < 4.78 is 70.3. The third-order valence-electron chi connectivity index (χ3n) is 6.41. The average Bonchev–Trinajstić information content (AvgIpc) is 2.93. The molecule has 0 fully saturated rings. The maximum Gasteiger partial charge on any atom is 0.417 e. The average molecular weight is 689 g/mol. The second-order valence-corrected chi connectivity index (χ2v) is 12.8. The van der Waals surface area contributed by atoms with E-state index < -0.39 is 56.9 Å². The molecule has 0 aliphatic heterocycles. The van der Waals surface area contributed by atoms with Gasteiger partial charge in [0.25, 0.3) is 10.0 Å². The van der Waals surface area contributed by atoms with E-state index in [1.165, 1.54) is 36.1 Å². The zero-order valence-corrected chi connectivity index (χ0v) is 26.2. The Morgan fingerprint density at radius 2 is 1.64 bits per heavy atom. The number of amides is 2. The minimum Gasteiger partial charge on any atom is -0.354 e. The summed E-state index contributed by atoms with van der Waals surface area (Å²) in [5, 5.41) is 2.11. The van der Waals surface area contributed by atoms with Crippen molar-refractivity contribution in [3.63, 3.8) is 0 Å². The molecule has 226 valence electrons. The van der Waals surface area contributed by atoms with Crippen LogP contribution < -0.4 is 9.62 Å². The molecule has 0 aliphatic carbocycles. The van der Waals surface area contributed by atoms with Gasteiger partial charge in [0.15, 0.2) is 0 Å². The highest BCUT2D eigenvalue weighted by Gasteiger charge is 2.37. The van der Waals surface area contributed by atoms with Crippen molar-refractivity contribution in [1.29, 1.82) is 0 Å². The van der Waals surface area contributed by atoms with Gasteiger partial charge in [0, 0.05) is 17.6 Å². The minimum absolute atomic E-state index is 0.0559. The molecule has 3 rings (SSSR count). The molecule has 13 heteroatoms. The Kier molecular flexibility index (Phi) is 11.1. The number of sulfonamides is 1. The van der Waals surface area contributed by atoms with Crippen molar-refractivity contribution in [1.82, 2.24) is 10.2 Å². The van der Waals surface area contributed by atoms with Crippen LogP contribution in [0.15, 0.2) is 76.1 Å². The van der Waals surface area contributed by atoms with Crippen LogP contribution in [0.4, 0.5) is 18.9 Å². The van der Waals surface area contributed by atoms with Gasteiger partial charge >= 0.3 is 6.18 Å². The summed E-state index contributed by atoms with van der Waals surface area (Å²) in [7, 11) is -4.54. The van der Waals surface area contributed by atoms with Crippen molar-refractivity contribution in [2.45, 2.75) is 50.9 Å². The first kappa shape index (κ1) is 33.4. The van der Waals surface area contributed by atoms with E-state index in [9.17, 15) is 31.2 Å². The number of carbonyl (C=O) groups is 2. The van der Waals surface area contributed by atoms with Crippen molar-refractivity contribution >= 4 is 55.1 Å². The zero-order chi connectivity index (χ0) is 31.2. The molecular formula is C29H30BrClF3N3O4S. The molecule has 0 bridgehead atoms. The number of carbonyl (C=O) groups excluding carboxylic acids is 2. The van der Waals surface area contributed by atoms with E-state index >= 15 is 0 Å². The normalized spacial score (nSPS) is 12.5. The Morgan fingerprint density at radius 3 is 2.21 bits per heavy atom. The summed E-state index contributed by atoms with van der Waals surface area (Å²) in [6.07, 6.45) is -4.23. The van der Waals surface area contributed by atoms with Crippen LogP contribution in [-0.4, -0.2) is 44.3 Å². The second-order valence-electron chi connectivity index (χ2n) is 9.60. The summed E-state index contributed by atoms with van der Waals surface area (Å²) in [6, 6.07) is 14.3. The van der Waals surface area contributed by atoms with E-state index in [0.717, 1.165) is 22.2 Å². The van der Waals surface area contributed by atoms with Crippen LogP contribution in [-0.2, 0) is 32.3 Å². The van der Waals surface area contributed by atoms with Crippen molar-refractivity contribution in [3.8, 4) is 0 Å². The second kappa shape index (κ2) is 13.9. The number of hydrogen-bond donors (Lipinski definition) is 1. The van der Waals surface area contributed by atoms with Gasteiger partial charge in [-0.05, 0) is 68.3 Å². The Hall–Kier alpha value is -3.09. The zero-order valence-electron chi connectivity index (χ0n) is 23.1. The highest BCUT2D eigenvalue weighted by molar-refractivity contribution is 9.10. The van der Waals surface area contributed by atoms with Crippen LogP contribution in [0.3, 0.4) is 0 Å². The first-order valence-electron chi connectivity index (χ1n) is 12.9. The Balaban J connectivity index is 2.11. The van der Waals surface area contributed by atoms with Crippen LogP contribution in [0, 0.1) is 6.92 Å². The third kappa shape index (κ3) is 8.26. The predicted molar refractivity (Wildman–Crippen MR) is 160 cm³/mol. The van der Waals surface area contributed by atoms with Crippen molar-refractivity contribution in [3.05, 3.63) is 92.9 Å². The molecule has 1 atom stereocenters. The molecule has 3 aromatic carbocycles. The molecule has 2 amide bonds. The third-order valence-corrected chi connectivity index (χ3v) is 9.06. The molecule has 0 saturated carbocycles. The van der Waals surface area contributed by atoms with Gasteiger partial charge in [-0.3, -0.25) is 13.9 Å². The number of benzene rings is 3. The Labute approximate surface area is 256 Å². The summed E-state index contributed by atoms with van der Waals surface area (Å²) >= 11 is 9.14. The fourth-order valence-electron chi connectivity index (χ4n) is 4.02. The quantitative estimate of drug-likeness (QED) is 0.247. The van der Waals surface area contributed by atoms with Gasteiger partial charge in [-0.25, -0.2) is 8.42 Å². The van der Waals surface area contributed by atoms with Gasteiger partial charge in [-0.15, -0.1) is 0 Å². The van der Waals surface area contributed by atoms with Crippen molar-refractivity contribution in [2.24, 2.45) is 0 Å². The number of nitrogens with zero attached hydrogens (tertiary/aromatic N) is 2. The standard InChI is InChI=1S/C29H30BrClF3N3O4S/c1-4-15-35-28(39)20(3)36(17-21-7-9-22(30)10-8-21)27(38)18-37(42(40,41)24-12-5-19(2)6-13-24)23-11-14-26(31)25(16-23)29(32,33)34/h5-14,16,20H,4,15,17-18H2,1-3H3,(H,35,39)/t20-/m0/s1. The lowest BCUT2D eigenvalue weighted by Gasteiger charge is -2.32. The molecule has 0 spiro atoms. The molecule has 0 heterocycles. The van der Waals surface area contributed by atoms with Crippen LogP contribution in [0.5, 0.6) is 0 Å². The minimum atomic E-state index is -4.88. The lowest BCUT2D eigenvalue weighted by atomic mass is 10.1. The first-order chi connectivity index (χ1) is 19.6. The van der Waals surface area contributed by atoms with Gasteiger partial charge in [0.05, 0.1) is 21.2 Å². The number of anilines is 1. The molecule has 0 unspecified atom stereocenters. The van der Waals surface area contributed by atoms with Crippen LogP contribution in [0.2, 0.25) is 5.02 Å². The number of rotatable bonds is 11. The Bertz CT molecular complexity index is 1520. The number of alkyl halides is 3. The number of hydrogen-bond acceptors (Lipinski definition) is 4. The SMILES string of the molecule is CCCNC(=O)[C@H](C)N(Cc1ccc(Br)cc1)C(=O)CN(c1ccc(Cl)c(C(F)(F)F)c1)S(=O)(=O)c1ccc(C)cc1. The fraction of sp³-hybridized carbons (Fsp3) is 0.310. The molecule has 3 aromatic rings. The van der Waals surface area contributed by atoms with Crippen molar-refractivity contribution in [2.75, 3.05) is 17.4 Å². The van der Waals surface area contributed by atoms with E-state index in [2.05, 4.69) is 21.2 Å². The highest BCUT2D eigenvalue weighted by Crippen LogP contribution is 2.38. The summed E-state index contributed by atoms with van der Waals surface area (Å²) in [4.78, 5) is 27.8. The van der Waals surface area contributed by atoms with Gasteiger partial charge in [0.1, 0.15) is 12.6 Å². The summed E-state index contributed by atoms with van der Waals surface area (Å²) in [6.45, 7) is 4.55. The van der Waals surface area contributed by atoms with E-state index in [0.29, 0.717) is 28.9 Å². The number of aryl methyl sites for hydroxylation is 1. The van der Waals surface area contributed by atoms with Crippen molar-refractivity contribution < 1.29 is 31.2 Å². The molecule has 1 N–H and O–H groups in total. The van der Waals surface area contributed by atoms with E-state index in [4.69, 9.17) is 11.6 Å². The molecule has 42 heavy (non-hydrogen) atoms. The number of nitrogens with one attached hydrogen (secondary N) is 1. The van der Waals surface area contributed by atoms with E-state index in [1.807, 2.05) is 6.92 Å². The lowest BCUT2D eigenvalue weighted by Crippen LogP contribution is -2.51. The van der Waals surface area contributed by atoms with Gasteiger partial charge in [0.2, 0.25) is 11.8 Å². The largest absolute Gasteiger partial charge is 0.417 e. The highest BCUT2D eigenvalue weighted by atomic mass is 79.9.